The van der Waals surface area contributed by atoms with Crippen molar-refractivity contribution in [2.24, 2.45) is 5.92 Å². The van der Waals surface area contributed by atoms with E-state index in [1.165, 1.54) is 19.3 Å². The van der Waals surface area contributed by atoms with E-state index in [-0.39, 0.29) is 5.60 Å². The highest BCUT2D eigenvalue weighted by Crippen LogP contribution is 2.29. The summed E-state index contributed by atoms with van der Waals surface area (Å²) in [4.78, 5) is 0. The molecular weight excluding hydrogens is 124 g/mol. The molecule has 0 saturated heterocycles. The maximum atomic E-state index is 9.67. The van der Waals surface area contributed by atoms with Crippen LogP contribution in [0.25, 0.3) is 0 Å². The molecule has 0 amide bonds. The minimum Gasteiger partial charge on any atom is -0.390 e. The normalized spacial score (nSPS) is 42.9. The zero-order valence-electron chi connectivity index (χ0n) is 7.06. The molecular formula is C9H18O. The summed E-state index contributed by atoms with van der Waals surface area (Å²) in [7, 11) is 0. The molecule has 60 valence electrons. The largest absolute Gasteiger partial charge is 0.390 e. The maximum absolute atomic E-state index is 9.67. The van der Waals surface area contributed by atoms with Gasteiger partial charge in [-0.15, -0.1) is 0 Å². The van der Waals surface area contributed by atoms with E-state index in [4.69, 9.17) is 0 Å². The molecule has 0 heterocycles. The third kappa shape index (κ3) is 2.30. The molecule has 1 rings (SSSR count). The molecule has 0 radical (unpaired) electrons. The van der Waals surface area contributed by atoms with Gasteiger partial charge in [0.25, 0.3) is 0 Å². The van der Waals surface area contributed by atoms with Crippen LogP contribution in [0.1, 0.15) is 46.0 Å². The molecule has 1 N–H and O–H groups in total. The zero-order valence-corrected chi connectivity index (χ0v) is 7.06. The lowest BCUT2D eigenvalue weighted by molar-refractivity contribution is 0.0435. The zero-order chi connectivity index (χ0) is 7.61. The highest BCUT2D eigenvalue weighted by Gasteiger charge is 2.23. The Morgan fingerprint density at radius 2 is 2.00 bits per heavy atom. The van der Waals surface area contributed by atoms with E-state index in [0.29, 0.717) is 0 Å². The summed E-state index contributed by atoms with van der Waals surface area (Å²) < 4.78 is 0. The Kier molecular flexibility index (Phi) is 2.35. The van der Waals surface area contributed by atoms with Crippen LogP contribution in [0, 0.1) is 5.92 Å². The third-order valence-corrected chi connectivity index (χ3v) is 2.59. The fourth-order valence-electron chi connectivity index (χ4n) is 1.66. The Labute approximate surface area is 63.4 Å². The van der Waals surface area contributed by atoms with Crippen LogP contribution in [-0.4, -0.2) is 10.7 Å². The second kappa shape index (κ2) is 2.91. The van der Waals surface area contributed by atoms with Gasteiger partial charge in [0.05, 0.1) is 5.60 Å². The van der Waals surface area contributed by atoms with Crippen LogP contribution in [0.2, 0.25) is 0 Å². The fourth-order valence-corrected chi connectivity index (χ4v) is 1.66. The van der Waals surface area contributed by atoms with Gasteiger partial charge in [0.2, 0.25) is 0 Å². The van der Waals surface area contributed by atoms with Crippen molar-refractivity contribution >= 4 is 0 Å². The summed E-state index contributed by atoms with van der Waals surface area (Å²) in [6.07, 6.45) is 5.70. The number of aliphatic hydroxyl groups is 1. The first kappa shape index (κ1) is 8.06. The number of hydrogen-bond donors (Lipinski definition) is 1. The SMILES string of the molecule is C[C@H]1CCC[C@](C)(O)CC1. The summed E-state index contributed by atoms with van der Waals surface area (Å²) in [6.45, 7) is 4.24. The van der Waals surface area contributed by atoms with Crippen molar-refractivity contribution in [3.63, 3.8) is 0 Å². The van der Waals surface area contributed by atoms with Crippen LogP contribution in [-0.2, 0) is 0 Å². The average molecular weight is 142 g/mol. The van der Waals surface area contributed by atoms with Crippen LogP contribution < -0.4 is 0 Å². The molecule has 0 unspecified atom stereocenters. The molecule has 0 aromatic heterocycles. The van der Waals surface area contributed by atoms with Crippen molar-refractivity contribution in [2.45, 2.75) is 51.6 Å². The number of hydrogen-bond acceptors (Lipinski definition) is 1. The van der Waals surface area contributed by atoms with Gasteiger partial charge in [0, 0.05) is 0 Å². The van der Waals surface area contributed by atoms with Gasteiger partial charge < -0.3 is 5.11 Å². The molecule has 10 heavy (non-hydrogen) atoms. The lowest BCUT2D eigenvalue weighted by Gasteiger charge is -2.19. The molecule has 0 bridgehead atoms. The van der Waals surface area contributed by atoms with Gasteiger partial charge in [-0.1, -0.05) is 19.8 Å². The standard InChI is InChI=1S/C9H18O/c1-8-4-3-6-9(2,10)7-5-8/h8,10H,3-7H2,1-2H3/t8-,9-/m0/s1. The molecule has 1 nitrogen and oxygen atoms in total. The van der Waals surface area contributed by atoms with Crippen molar-refractivity contribution < 1.29 is 5.11 Å². The van der Waals surface area contributed by atoms with E-state index >= 15 is 0 Å². The molecule has 0 spiro atoms. The van der Waals surface area contributed by atoms with Crippen molar-refractivity contribution in [3.8, 4) is 0 Å². The molecule has 2 atom stereocenters. The van der Waals surface area contributed by atoms with Crippen LogP contribution in [0.5, 0.6) is 0 Å². The third-order valence-electron chi connectivity index (χ3n) is 2.59. The van der Waals surface area contributed by atoms with Gasteiger partial charge in [-0.2, -0.15) is 0 Å². The molecule has 1 heteroatoms. The lowest BCUT2D eigenvalue weighted by atomic mass is 9.97. The highest BCUT2D eigenvalue weighted by atomic mass is 16.3. The first-order valence-electron chi connectivity index (χ1n) is 4.32. The van der Waals surface area contributed by atoms with E-state index in [9.17, 15) is 5.11 Å². The smallest absolute Gasteiger partial charge is 0.0619 e. The Morgan fingerprint density at radius 3 is 2.70 bits per heavy atom. The molecule has 1 fully saturated rings. The molecule has 0 aromatic carbocycles. The maximum Gasteiger partial charge on any atom is 0.0619 e. The quantitative estimate of drug-likeness (QED) is 0.515. The molecule has 1 aliphatic carbocycles. The number of rotatable bonds is 0. The summed E-state index contributed by atoms with van der Waals surface area (Å²) in [5.41, 5.74) is -0.356. The van der Waals surface area contributed by atoms with Gasteiger partial charge in [-0.25, -0.2) is 0 Å². The first-order valence-corrected chi connectivity index (χ1v) is 4.32. The lowest BCUT2D eigenvalue weighted by Crippen LogP contribution is -2.22. The van der Waals surface area contributed by atoms with E-state index in [2.05, 4.69) is 6.92 Å². The average Bonchev–Trinajstić information content (AvgIpc) is 1.94. The predicted molar refractivity (Wildman–Crippen MR) is 42.9 cm³/mol. The monoisotopic (exact) mass is 142 g/mol. The van der Waals surface area contributed by atoms with E-state index in [1.54, 1.807) is 0 Å². The second-order valence-electron chi connectivity index (χ2n) is 4.03. The van der Waals surface area contributed by atoms with Gasteiger partial charge in [0.1, 0.15) is 0 Å². The summed E-state index contributed by atoms with van der Waals surface area (Å²) in [5, 5.41) is 9.67. The summed E-state index contributed by atoms with van der Waals surface area (Å²) in [6, 6.07) is 0. The van der Waals surface area contributed by atoms with Crippen molar-refractivity contribution in [3.05, 3.63) is 0 Å². The fraction of sp³-hybridized carbons (Fsp3) is 1.00. The van der Waals surface area contributed by atoms with Crippen LogP contribution in [0.15, 0.2) is 0 Å². The van der Waals surface area contributed by atoms with Crippen molar-refractivity contribution in [2.75, 3.05) is 0 Å². The second-order valence-corrected chi connectivity index (χ2v) is 4.03. The van der Waals surface area contributed by atoms with Gasteiger partial charge in [-0.05, 0) is 32.1 Å². The minimum absolute atomic E-state index is 0.356. The molecule has 0 aromatic rings. The van der Waals surface area contributed by atoms with Crippen LogP contribution in [0.4, 0.5) is 0 Å². The van der Waals surface area contributed by atoms with E-state index in [0.717, 1.165) is 18.8 Å². The Hall–Kier alpha value is -0.0400. The van der Waals surface area contributed by atoms with E-state index in [1.807, 2.05) is 6.92 Å². The van der Waals surface area contributed by atoms with Gasteiger partial charge in [-0.3, -0.25) is 0 Å². The topological polar surface area (TPSA) is 20.2 Å². The molecule has 0 aliphatic heterocycles. The highest BCUT2D eigenvalue weighted by molar-refractivity contribution is 4.77. The Balaban J connectivity index is 2.41. The van der Waals surface area contributed by atoms with Crippen LogP contribution >= 0.6 is 0 Å². The van der Waals surface area contributed by atoms with Gasteiger partial charge >= 0.3 is 0 Å². The predicted octanol–water partition coefficient (Wildman–Crippen LogP) is 2.34. The van der Waals surface area contributed by atoms with E-state index < -0.39 is 0 Å². The Morgan fingerprint density at radius 1 is 1.30 bits per heavy atom. The minimum atomic E-state index is -0.356. The summed E-state index contributed by atoms with van der Waals surface area (Å²) in [5.74, 6) is 0.828. The van der Waals surface area contributed by atoms with Gasteiger partial charge in [0.15, 0.2) is 0 Å². The van der Waals surface area contributed by atoms with Crippen LogP contribution in [0.3, 0.4) is 0 Å². The first-order chi connectivity index (χ1) is 4.60. The summed E-state index contributed by atoms with van der Waals surface area (Å²) >= 11 is 0. The van der Waals surface area contributed by atoms with Crippen molar-refractivity contribution in [1.29, 1.82) is 0 Å². The molecule has 1 aliphatic rings. The Bertz CT molecular complexity index is 107. The van der Waals surface area contributed by atoms with Crippen molar-refractivity contribution in [1.82, 2.24) is 0 Å². The molecule has 1 saturated carbocycles.